The molecule has 5 heteroatoms. The molecular weight excluding hydrogens is 442 g/mol. The summed E-state index contributed by atoms with van der Waals surface area (Å²) in [6.45, 7) is 10.8. The van der Waals surface area contributed by atoms with Crippen molar-refractivity contribution in [1.29, 1.82) is 0 Å². The van der Waals surface area contributed by atoms with Crippen molar-refractivity contribution in [3.8, 4) is 0 Å². The molecule has 0 aliphatic rings. The molecule has 0 N–H and O–H groups in total. The van der Waals surface area contributed by atoms with E-state index in [2.05, 4.69) is 42.0 Å². The van der Waals surface area contributed by atoms with Gasteiger partial charge in [-0.2, -0.15) is 0 Å². The van der Waals surface area contributed by atoms with Gasteiger partial charge in [0.1, 0.15) is 13.1 Å². The van der Waals surface area contributed by atoms with Crippen LogP contribution in [0.1, 0.15) is 13.8 Å². The quantitative estimate of drug-likeness (QED) is 0.196. The third kappa shape index (κ3) is 13.6. The van der Waals surface area contributed by atoms with Crippen LogP contribution in [0.15, 0.2) is 0 Å². The average Bonchev–Trinajstić information content (AvgIpc) is 2.15. The van der Waals surface area contributed by atoms with Gasteiger partial charge in [-0.3, -0.25) is 0 Å². The minimum Gasteiger partial charge on any atom is -1.00 e. The highest BCUT2D eigenvalue weighted by Crippen LogP contribution is 2.00. The monoisotopic (exact) mass is 472 g/mol. The molecule has 17 heavy (non-hydrogen) atoms. The van der Waals surface area contributed by atoms with Crippen LogP contribution in [-0.2, 0) is 4.74 Å². The second-order valence-electron chi connectivity index (χ2n) is 5.60. The first-order valence-electron chi connectivity index (χ1n) is 6.05. The fraction of sp³-hybridized carbons (Fsp3) is 1.00. The van der Waals surface area contributed by atoms with Crippen LogP contribution in [0.3, 0.4) is 0 Å². The van der Waals surface area contributed by atoms with Crippen LogP contribution in [0.2, 0.25) is 0 Å². The molecule has 0 unspecified atom stereocenters. The summed E-state index contributed by atoms with van der Waals surface area (Å²) in [5.74, 6) is 0. The molecule has 0 aromatic heterocycles. The molecule has 0 atom stereocenters. The van der Waals surface area contributed by atoms with Gasteiger partial charge in [-0.15, -0.1) is 0 Å². The van der Waals surface area contributed by atoms with E-state index in [0.29, 0.717) is 0 Å². The SMILES string of the molecule is CC[N+](C)(CC)CCOCC[N+](C)(C)C.[I-].[I-]. The minimum absolute atomic E-state index is 0. The third-order valence-corrected chi connectivity index (χ3v) is 3.21. The van der Waals surface area contributed by atoms with Gasteiger partial charge in [-0.25, -0.2) is 0 Å². The van der Waals surface area contributed by atoms with Crippen molar-refractivity contribution in [3.05, 3.63) is 0 Å². The van der Waals surface area contributed by atoms with Crippen LogP contribution in [-0.4, -0.2) is 76.5 Å². The predicted molar refractivity (Wildman–Crippen MR) is 65.9 cm³/mol. The molecule has 3 nitrogen and oxygen atoms in total. The van der Waals surface area contributed by atoms with Crippen molar-refractivity contribution in [2.24, 2.45) is 0 Å². The molecule has 0 radical (unpaired) electrons. The van der Waals surface area contributed by atoms with E-state index >= 15 is 0 Å². The third-order valence-electron chi connectivity index (χ3n) is 3.21. The maximum absolute atomic E-state index is 5.68. The number of hydrogen-bond donors (Lipinski definition) is 0. The second kappa shape index (κ2) is 11.2. The van der Waals surface area contributed by atoms with Gasteiger partial charge in [-0.05, 0) is 13.8 Å². The lowest BCUT2D eigenvalue weighted by molar-refractivity contribution is -0.906. The Bertz CT molecular complexity index is 168. The highest BCUT2D eigenvalue weighted by atomic mass is 127. The molecule has 0 aromatic carbocycles. The second-order valence-corrected chi connectivity index (χ2v) is 5.60. The van der Waals surface area contributed by atoms with E-state index in [1.54, 1.807) is 0 Å². The number of rotatable bonds is 8. The Labute approximate surface area is 142 Å². The van der Waals surface area contributed by atoms with Crippen molar-refractivity contribution in [2.75, 3.05) is 67.6 Å². The van der Waals surface area contributed by atoms with Crippen molar-refractivity contribution in [2.45, 2.75) is 13.8 Å². The summed E-state index contributed by atoms with van der Waals surface area (Å²) in [7, 11) is 8.88. The van der Waals surface area contributed by atoms with Gasteiger partial charge in [0.25, 0.3) is 0 Å². The van der Waals surface area contributed by atoms with Crippen molar-refractivity contribution in [1.82, 2.24) is 0 Å². The average molecular weight is 472 g/mol. The Morgan fingerprint density at radius 1 is 0.765 bits per heavy atom. The van der Waals surface area contributed by atoms with Crippen LogP contribution < -0.4 is 48.0 Å². The first kappa shape index (κ1) is 23.4. The largest absolute Gasteiger partial charge is 1.00 e. The van der Waals surface area contributed by atoms with Crippen molar-refractivity contribution in [3.63, 3.8) is 0 Å². The molecule has 0 saturated carbocycles. The summed E-state index contributed by atoms with van der Waals surface area (Å²) < 4.78 is 7.77. The Balaban J connectivity index is -0.000000980. The number of ether oxygens (including phenoxy) is 1. The molecule has 0 aliphatic heterocycles. The highest BCUT2D eigenvalue weighted by molar-refractivity contribution is 4.35. The summed E-state index contributed by atoms with van der Waals surface area (Å²) in [5, 5.41) is 0. The van der Waals surface area contributed by atoms with Gasteiger partial charge in [0.05, 0.1) is 54.5 Å². The molecule has 0 rings (SSSR count). The van der Waals surface area contributed by atoms with Gasteiger partial charge in [0.15, 0.2) is 0 Å². The van der Waals surface area contributed by atoms with Gasteiger partial charge in [0, 0.05) is 0 Å². The summed E-state index contributed by atoms with van der Waals surface area (Å²) in [6.07, 6.45) is 0. The number of halogens is 2. The van der Waals surface area contributed by atoms with E-state index in [9.17, 15) is 0 Å². The molecule has 0 aromatic rings. The molecule has 0 saturated heterocycles. The molecule has 0 amide bonds. The maximum Gasteiger partial charge on any atom is 0.102 e. The molecule has 108 valence electrons. The Hall–Kier alpha value is 1.34. The lowest BCUT2D eigenvalue weighted by Gasteiger charge is -2.32. The molecule has 0 spiro atoms. The van der Waals surface area contributed by atoms with E-state index in [1.165, 1.54) is 13.1 Å². The van der Waals surface area contributed by atoms with E-state index < -0.39 is 0 Å². The number of likely N-dealkylation sites (N-methyl/N-ethyl adjacent to an activating group) is 2. The molecule has 0 aliphatic carbocycles. The van der Waals surface area contributed by atoms with Gasteiger partial charge in [-0.1, -0.05) is 0 Å². The standard InChI is InChI=1S/C12H30N2O.2HI/c1-7-14(6,8-2)10-12-15-11-9-13(3,4)5;;/h7-12H2,1-6H3;2*1H/q+2;;/p-2. The molecule has 0 bridgehead atoms. The van der Waals surface area contributed by atoms with Crippen LogP contribution in [0, 0.1) is 0 Å². The minimum atomic E-state index is 0. The fourth-order valence-corrected chi connectivity index (χ4v) is 1.27. The lowest BCUT2D eigenvalue weighted by atomic mass is 10.4. The maximum atomic E-state index is 5.68. The van der Waals surface area contributed by atoms with Crippen molar-refractivity contribution >= 4 is 0 Å². The molecule has 0 fully saturated rings. The Morgan fingerprint density at radius 3 is 1.53 bits per heavy atom. The van der Waals surface area contributed by atoms with Crippen LogP contribution in [0.25, 0.3) is 0 Å². The number of quaternary nitrogens is 2. The van der Waals surface area contributed by atoms with Gasteiger partial charge in [0.2, 0.25) is 0 Å². The van der Waals surface area contributed by atoms with E-state index in [1.807, 2.05) is 0 Å². The Kier molecular flexibility index (Phi) is 15.4. The fourth-order valence-electron chi connectivity index (χ4n) is 1.27. The van der Waals surface area contributed by atoms with E-state index in [4.69, 9.17) is 4.74 Å². The zero-order valence-electron chi connectivity index (χ0n) is 12.3. The highest BCUT2D eigenvalue weighted by Gasteiger charge is 2.15. The van der Waals surface area contributed by atoms with Crippen molar-refractivity contribution < 1.29 is 61.7 Å². The summed E-state index contributed by atoms with van der Waals surface area (Å²) >= 11 is 0. The zero-order valence-corrected chi connectivity index (χ0v) is 16.6. The lowest BCUT2D eigenvalue weighted by Crippen LogP contribution is -3.00. The van der Waals surface area contributed by atoms with Crippen LogP contribution in [0.5, 0.6) is 0 Å². The molecular formula is C12H30I2N2O. The Morgan fingerprint density at radius 2 is 1.18 bits per heavy atom. The van der Waals surface area contributed by atoms with E-state index in [0.717, 1.165) is 35.3 Å². The van der Waals surface area contributed by atoms with Gasteiger partial charge >= 0.3 is 0 Å². The summed E-state index contributed by atoms with van der Waals surface area (Å²) in [4.78, 5) is 0. The van der Waals surface area contributed by atoms with Crippen LogP contribution >= 0.6 is 0 Å². The normalized spacial score (nSPS) is 11.6. The number of hydrogen-bond acceptors (Lipinski definition) is 1. The zero-order chi connectivity index (χ0) is 11.9. The van der Waals surface area contributed by atoms with Gasteiger partial charge < -0.3 is 61.7 Å². The summed E-state index contributed by atoms with van der Waals surface area (Å²) in [5.41, 5.74) is 0. The van der Waals surface area contributed by atoms with E-state index in [-0.39, 0.29) is 48.0 Å². The summed E-state index contributed by atoms with van der Waals surface area (Å²) in [6, 6.07) is 0. The molecule has 0 heterocycles. The smallest absolute Gasteiger partial charge is 0.102 e. The number of nitrogens with zero attached hydrogens (tertiary/aromatic N) is 2. The van der Waals surface area contributed by atoms with Crippen LogP contribution in [0.4, 0.5) is 0 Å². The topological polar surface area (TPSA) is 9.23 Å². The first-order chi connectivity index (χ1) is 6.83. The first-order valence-corrected chi connectivity index (χ1v) is 6.05. The predicted octanol–water partition coefficient (Wildman–Crippen LogP) is -4.80.